The molecule has 0 saturated heterocycles. The van der Waals surface area contributed by atoms with Crippen molar-refractivity contribution < 1.29 is 58.3 Å². The number of benzene rings is 3. The maximum absolute atomic E-state index is 14.8. The van der Waals surface area contributed by atoms with Crippen LogP contribution in [-0.4, -0.2) is 86.0 Å². The van der Waals surface area contributed by atoms with Gasteiger partial charge in [-0.1, -0.05) is 30.1 Å². The first-order chi connectivity index (χ1) is 26.8. The molecule has 0 aliphatic rings. The van der Waals surface area contributed by atoms with E-state index in [2.05, 4.69) is 9.97 Å². The number of carbonyl (C=O) groups excluding carboxylic acids is 3. The molecule has 0 saturated carbocycles. The number of pyridine rings is 1. The topological polar surface area (TPSA) is 196 Å². The lowest BCUT2D eigenvalue weighted by atomic mass is 10.0. The van der Waals surface area contributed by atoms with Crippen molar-refractivity contribution in [2.24, 2.45) is 0 Å². The number of H-pyrrole nitrogens is 1. The van der Waals surface area contributed by atoms with Crippen LogP contribution in [0.4, 0.5) is 33.3 Å². The Bertz CT molecular complexity index is 2620. The molecule has 0 radical (unpaired) electrons. The number of aromatic nitrogens is 2. The molecule has 5 rings (SSSR count). The largest absolute Gasteiger partial charge is 0.426 e. The Morgan fingerprint density at radius 3 is 2.09 bits per heavy atom. The van der Waals surface area contributed by atoms with Crippen molar-refractivity contribution in [2.75, 3.05) is 29.9 Å². The van der Waals surface area contributed by atoms with Crippen molar-refractivity contribution in [3.05, 3.63) is 111 Å². The number of nitrogens with zero attached hydrogens (tertiary/aromatic N) is 2. The van der Waals surface area contributed by atoms with E-state index in [9.17, 15) is 58.3 Å². The van der Waals surface area contributed by atoms with Gasteiger partial charge in [0.15, 0.2) is 5.82 Å². The first-order valence-electron chi connectivity index (χ1n) is 16.4. The van der Waals surface area contributed by atoms with Gasteiger partial charge in [-0.2, -0.15) is 13.2 Å². The Morgan fingerprint density at radius 2 is 1.52 bits per heavy atom. The normalized spacial score (nSPS) is 12.9. The minimum atomic E-state index is -5.23. The summed E-state index contributed by atoms with van der Waals surface area (Å²) in [4.78, 5) is 44.1. The summed E-state index contributed by atoms with van der Waals surface area (Å²) in [6.07, 6.45) is -2.29. The Kier molecular flexibility index (Phi) is 13.6. The van der Waals surface area contributed by atoms with E-state index in [0.717, 1.165) is 30.3 Å². The van der Waals surface area contributed by atoms with Gasteiger partial charge in [0.1, 0.15) is 11.5 Å². The quantitative estimate of drug-likeness (QED) is 0.0798. The van der Waals surface area contributed by atoms with Crippen molar-refractivity contribution in [3.63, 3.8) is 0 Å². The molecule has 0 unspecified atom stereocenters. The highest BCUT2D eigenvalue weighted by Gasteiger charge is 2.55. The van der Waals surface area contributed by atoms with Crippen LogP contribution in [0.15, 0.2) is 82.8 Å². The molecule has 2 heterocycles. The molecule has 4 N–H and O–H groups in total. The molecule has 0 fully saturated rings. The highest BCUT2D eigenvalue weighted by Crippen LogP contribution is 2.34. The zero-order valence-electron chi connectivity index (χ0n) is 30.5. The van der Waals surface area contributed by atoms with Crippen molar-refractivity contribution in [1.82, 2.24) is 14.9 Å². The van der Waals surface area contributed by atoms with Crippen LogP contribution in [0.25, 0.3) is 11.0 Å². The second kappa shape index (κ2) is 17.4. The van der Waals surface area contributed by atoms with E-state index in [1.165, 1.54) is 47.6 Å². The van der Waals surface area contributed by atoms with Gasteiger partial charge in [-0.25, -0.2) is 30.6 Å². The van der Waals surface area contributed by atoms with Gasteiger partial charge in [-0.3, -0.25) is 19.1 Å². The number of sulfone groups is 1. The van der Waals surface area contributed by atoms with Crippen LogP contribution in [0.5, 0.6) is 0 Å². The minimum Gasteiger partial charge on any atom is -0.373 e. The standard InChI is InChI=1S/C19H18ClF3N2O5S.C17H14ClF2N3O3S/c1-18(28,19(21,22)23)17(27)24-15-9-8-13(10-14(15)20)31(29,30)12-6-4-11(5-7-12)16(26)25(2)3;1-2-5-27(25,26)23-13-4-3-12(19)14(15(13)20)16(24)11-8-22-17-10(11)6-9(18)7-21-17/h4-10,28H,1-3H3,(H,24,27);3-4,6-8,23H,2,5H2,1H3,(H,21,22)/t18-;/m1./s1. The zero-order valence-corrected chi connectivity index (χ0v) is 33.6. The van der Waals surface area contributed by atoms with E-state index in [-0.39, 0.29) is 55.2 Å². The number of fused-ring (bicyclic) bond motifs is 1. The average Bonchev–Trinajstić information content (AvgIpc) is 3.56. The number of nitrogens with one attached hydrogen (secondary N) is 3. The minimum absolute atomic E-state index is 0.0358. The maximum atomic E-state index is 14.8. The van der Waals surface area contributed by atoms with Crippen molar-refractivity contribution in [1.29, 1.82) is 0 Å². The lowest BCUT2D eigenvalue weighted by Gasteiger charge is -2.25. The van der Waals surface area contributed by atoms with Crippen LogP contribution in [0, 0.1) is 11.6 Å². The number of sulfonamides is 1. The number of halogens is 7. The fourth-order valence-corrected chi connectivity index (χ4v) is 7.80. The van der Waals surface area contributed by atoms with Crippen molar-refractivity contribution in [2.45, 2.75) is 41.8 Å². The summed E-state index contributed by atoms with van der Waals surface area (Å²) in [5, 5.41) is 11.4. The average molecular weight is 893 g/mol. The summed E-state index contributed by atoms with van der Waals surface area (Å²) >= 11 is 11.8. The first kappa shape index (κ1) is 45.6. The summed E-state index contributed by atoms with van der Waals surface area (Å²) in [6, 6.07) is 11.3. The molecule has 0 bridgehead atoms. The van der Waals surface area contributed by atoms with Gasteiger partial charge >= 0.3 is 6.18 Å². The fraction of sp³-hybridized carbons (Fsp3) is 0.222. The van der Waals surface area contributed by atoms with Crippen LogP contribution < -0.4 is 10.0 Å². The number of carbonyl (C=O) groups is 3. The summed E-state index contributed by atoms with van der Waals surface area (Å²) in [5.74, 6) is -5.69. The van der Waals surface area contributed by atoms with Crippen LogP contribution in [0.1, 0.15) is 46.5 Å². The molecule has 22 heteroatoms. The van der Waals surface area contributed by atoms with Gasteiger partial charge in [-0.05, 0) is 74.0 Å². The maximum Gasteiger partial charge on any atom is 0.426 e. The number of ketones is 1. The Labute approximate surface area is 338 Å². The third kappa shape index (κ3) is 9.92. The van der Waals surface area contributed by atoms with Gasteiger partial charge in [-0.15, -0.1) is 0 Å². The molecule has 2 amide bonds. The molecule has 2 aromatic heterocycles. The second-order valence-corrected chi connectivity index (χ2v) is 17.3. The molecule has 310 valence electrons. The Hall–Kier alpha value is -5.15. The number of anilines is 2. The predicted octanol–water partition coefficient (Wildman–Crippen LogP) is 7.00. The number of aliphatic hydroxyl groups is 1. The molecule has 1 atom stereocenters. The SMILES string of the molecule is CCCS(=O)(=O)Nc1ccc(F)c(C(=O)c2c[nH]c3ncc(Cl)cc23)c1F.CN(C)C(=O)c1ccc(S(=O)(=O)c2ccc(NC(=O)[C@@](C)(O)C(F)(F)F)c(Cl)c2)cc1. The van der Waals surface area contributed by atoms with E-state index in [1.54, 1.807) is 21.0 Å². The van der Waals surface area contributed by atoms with Gasteiger partial charge in [0, 0.05) is 43.0 Å². The van der Waals surface area contributed by atoms with Gasteiger partial charge in [0.2, 0.25) is 31.2 Å². The molecule has 0 aliphatic carbocycles. The molecule has 58 heavy (non-hydrogen) atoms. The second-order valence-electron chi connectivity index (χ2n) is 12.7. The highest BCUT2D eigenvalue weighted by molar-refractivity contribution is 7.92. The Morgan fingerprint density at radius 1 is 0.914 bits per heavy atom. The number of hydrogen-bond acceptors (Lipinski definition) is 9. The summed E-state index contributed by atoms with van der Waals surface area (Å²) in [7, 11) is -4.80. The molecule has 0 spiro atoms. The molecule has 5 aromatic rings. The van der Waals surface area contributed by atoms with Crippen LogP contribution in [-0.2, 0) is 24.7 Å². The first-order valence-corrected chi connectivity index (χ1v) is 20.3. The number of alkyl halides is 3. The zero-order chi connectivity index (χ0) is 43.5. The number of amides is 2. The number of aromatic amines is 1. The van der Waals surface area contributed by atoms with Crippen LogP contribution in [0.3, 0.4) is 0 Å². The number of rotatable bonds is 11. The monoisotopic (exact) mass is 891 g/mol. The highest BCUT2D eigenvalue weighted by atomic mass is 35.5. The predicted molar refractivity (Wildman–Crippen MR) is 205 cm³/mol. The van der Waals surface area contributed by atoms with Crippen LogP contribution in [0.2, 0.25) is 10.0 Å². The number of hydrogen-bond donors (Lipinski definition) is 4. The molecular weight excluding hydrogens is 860 g/mol. The summed E-state index contributed by atoms with van der Waals surface area (Å²) in [6.45, 7) is 1.92. The van der Waals surface area contributed by atoms with Gasteiger partial charge in [0.05, 0.1) is 42.5 Å². The molecule has 3 aromatic carbocycles. The fourth-order valence-electron chi connectivity index (χ4n) is 4.94. The van der Waals surface area contributed by atoms with Gasteiger partial charge < -0.3 is 20.3 Å². The Balaban J connectivity index is 0.000000259. The molecular formula is C36H32Cl2F5N5O8S2. The molecule has 0 aliphatic heterocycles. The summed E-state index contributed by atoms with van der Waals surface area (Å²) < 4.78 is 119. The van der Waals surface area contributed by atoms with E-state index in [1.807, 2.05) is 10.0 Å². The third-order valence-electron chi connectivity index (χ3n) is 8.11. The smallest absolute Gasteiger partial charge is 0.373 e. The van der Waals surface area contributed by atoms with E-state index in [4.69, 9.17) is 23.2 Å². The third-order valence-corrected chi connectivity index (χ3v) is 11.9. The van der Waals surface area contributed by atoms with Crippen molar-refractivity contribution in [3.8, 4) is 0 Å². The lowest BCUT2D eigenvalue weighted by molar-refractivity contribution is -0.242. The van der Waals surface area contributed by atoms with E-state index >= 15 is 0 Å². The van der Waals surface area contributed by atoms with Gasteiger partial charge in [0.25, 0.3) is 11.8 Å². The molecule has 13 nitrogen and oxygen atoms in total. The lowest BCUT2D eigenvalue weighted by Crippen LogP contribution is -2.52. The van der Waals surface area contributed by atoms with Crippen molar-refractivity contribution >= 4 is 83.1 Å². The summed E-state index contributed by atoms with van der Waals surface area (Å²) in [5.41, 5.74) is -4.79. The van der Waals surface area contributed by atoms with Crippen LogP contribution >= 0.6 is 23.2 Å². The van der Waals surface area contributed by atoms with E-state index < -0.39 is 66.2 Å². The van der Waals surface area contributed by atoms with E-state index in [0.29, 0.717) is 17.5 Å².